The molecule has 4 rings (SSSR count). The standard InChI is InChI=1S/C29H48N4O5/c1-20(2)26(27(34)33-13-7-8-23(33)28(35)37-29(3,4)5)24-18-25(30-38-24)32-16-9-21(10-17-32)19-31-14-11-22(36-6)12-15-31/h18,20-23,26H,7-17,19H2,1-6H3. The van der Waals surface area contributed by atoms with Crippen molar-refractivity contribution in [3.63, 3.8) is 0 Å². The van der Waals surface area contributed by atoms with Gasteiger partial charge < -0.3 is 28.7 Å². The molecule has 3 saturated heterocycles. The number of carbonyl (C=O) groups excluding carboxylic acids is 2. The molecule has 3 fully saturated rings. The summed E-state index contributed by atoms with van der Waals surface area (Å²) in [4.78, 5) is 33.1. The average Bonchev–Trinajstić information content (AvgIpc) is 3.54. The Labute approximate surface area is 228 Å². The second-order valence-corrected chi connectivity index (χ2v) is 12.7. The van der Waals surface area contributed by atoms with E-state index in [0.717, 1.165) is 70.6 Å². The van der Waals surface area contributed by atoms with Gasteiger partial charge in [-0.05, 0) is 71.1 Å². The van der Waals surface area contributed by atoms with E-state index in [1.165, 1.54) is 0 Å². The van der Waals surface area contributed by atoms with E-state index in [0.29, 0.717) is 30.7 Å². The summed E-state index contributed by atoms with van der Waals surface area (Å²) in [6.45, 7) is 15.5. The van der Waals surface area contributed by atoms with Crippen molar-refractivity contribution in [3.05, 3.63) is 11.8 Å². The van der Waals surface area contributed by atoms with Crippen molar-refractivity contribution in [1.29, 1.82) is 0 Å². The third-order valence-corrected chi connectivity index (χ3v) is 8.29. The van der Waals surface area contributed by atoms with Gasteiger partial charge in [0, 0.05) is 52.4 Å². The summed E-state index contributed by atoms with van der Waals surface area (Å²) in [7, 11) is 1.82. The minimum atomic E-state index is -0.583. The number of piperidine rings is 2. The second-order valence-electron chi connectivity index (χ2n) is 12.7. The maximum Gasteiger partial charge on any atom is 0.329 e. The molecule has 2 atom stereocenters. The number of methoxy groups -OCH3 is 1. The Morgan fingerprint density at radius 1 is 1.05 bits per heavy atom. The summed E-state index contributed by atoms with van der Waals surface area (Å²) in [5.41, 5.74) is -0.583. The zero-order valence-electron chi connectivity index (χ0n) is 24.3. The lowest BCUT2D eigenvalue weighted by Crippen LogP contribution is -2.46. The van der Waals surface area contributed by atoms with Crippen molar-refractivity contribution in [1.82, 2.24) is 15.0 Å². The van der Waals surface area contributed by atoms with Crippen LogP contribution in [0.1, 0.15) is 84.8 Å². The minimum absolute atomic E-state index is 0.0103. The SMILES string of the molecule is COC1CCN(CC2CCN(c3cc(C(C(=O)N4CCCC4C(=O)OC(C)(C)C)C(C)C)on3)CC2)CC1. The Morgan fingerprint density at radius 3 is 2.34 bits per heavy atom. The summed E-state index contributed by atoms with van der Waals surface area (Å²) >= 11 is 0. The number of esters is 1. The Bertz CT molecular complexity index is 926. The van der Waals surface area contributed by atoms with Crippen LogP contribution in [0.15, 0.2) is 10.6 Å². The molecule has 2 unspecified atom stereocenters. The number of aromatic nitrogens is 1. The van der Waals surface area contributed by atoms with Crippen molar-refractivity contribution in [2.24, 2.45) is 11.8 Å². The van der Waals surface area contributed by atoms with Gasteiger partial charge in [0.05, 0.1) is 6.10 Å². The van der Waals surface area contributed by atoms with Gasteiger partial charge in [0.25, 0.3) is 0 Å². The highest BCUT2D eigenvalue weighted by molar-refractivity contribution is 5.89. The predicted octanol–water partition coefficient (Wildman–Crippen LogP) is 4.07. The Kier molecular flexibility index (Phi) is 9.40. The molecule has 1 amide bonds. The van der Waals surface area contributed by atoms with Crippen LogP contribution >= 0.6 is 0 Å². The molecule has 0 aliphatic carbocycles. The summed E-state index contributed by atoms with van der Waals surface area (Å²) in [6.07, 6.45) is 6.36. The van der Waals surface area contributed by atoms with Gasteiger partial charge in [-0.3, -0.25) is 4.79 Å². The van der Waals surface area contributed by atoms with Crippen LogP contribution < -0.4 is 4.90 Å². The molecule has 1 aromatic rings. The van der Waals surface area contributed by atoms with Crippen molar-refractivity contribution < 1.29 is 23.6 Å². The second kappa shape index (κ2) is 12.4. The van der Waals surface area contributed by atoms with Gasteiger partial charge in [-0.2, -0.15) is 0 Å². The molecule has 3 aliphatic heterocycles. The summed E-state index contributed by atoms with van der Waals surface area (Å²) in [6, 6.07) is 1.40. The summed E-state index contributed by atoms with van der Waals surface area (Å²) in [5.74, 6) is 1.22. The van der Waals surface area contributed by atoms with Crippen LogP contribution in [0.5, 0.6) is 0 Å². The monoisotopic (exact) mass is 532 g/mol. The minimum Gasteiger partial charge on any atom is -0.458 e. The van der Waals surface area contributed by atoms with Crippen LogP contribution in [0, 0.1) is 11.8 Å². The highest BCUT2D eigenvalue weighted by Crippen LogP contribution is 2.34. The van der Waals surface area contributed by atoms with Crippen molar-refractivity contribution >= 4 is 17.7 Å². The van der Waals surface area contributed by atoms with Gasteiger partial charge >= 0.3 is 5.97 Å². The first-order valence-electron chi connectivity index (χ1n) is 14.6. The van der Waals surface area contributed by atoms with Gasteiger partial charge in [-0.25, -0.2) is 4.79 Å². The summed E-state index contributed by atoms with van der Waals surface area (Å²) in [5, 5.41) is 4.38. The van der Waals surface area contributed by atoms with E-state index < -0.39 is 17.6 Å². The zero-order chi connectivity index (χ0) is 27.4. The molecule has 4 heterocycles. The first-order chi connectivity index (χ1) is 18.1. The van der Waals surface area contributed by atoms with Crippen LogP contribution in [0.2, 0.25) is 0 Å². The lowest BCUT2D eigenvalue weighted by Gasteiger charge is -2.37. The van der Waals surface area contributed by atoms with Gasteiger partial charge in [0.1, 0.15) is 17.6 Å². The molecule has 3 aliphatic rings. The number of hydrogen-bond donors (Lipinski definition) is 0. The zero-order valence-corrected chi connectivity index (χ0v) is 24.3. The maximum atomic E-state index is 13.7. The number of anilines is 1. The molecule has 214 valence electrons. The fraction of sp³-hybridized carbons (Fsp3) is 0.828. The number of hydrogen-bond acceptors (Lipinski definition) is 8. The Hall–Kier alpha value is -2.13. The largest absolute Gasteiger partial charge is 0.458 e. The van der Waals surface area contributed by atoms with Crippen molar-refractivity contribution in [2.45, 2.75) is 96.8 Å². The third-order valence-electron chi connectivity index (χ3n) is 8.29. The molecule has 0 radical (unpaired) electrons. The number of ether oxygens (including phenoxy) is 2. The van der Waals surface area contributed by atoms with Crippen LogP contribution in [-0.4, -0.2) is 91.0 Å². The molecule has 1 aromatic heterocycles. The highest BCUT2D eigenvalue weighted by Gasteiger charge is 2.42. The van der Waals surface area contributed by atoms with Crippen LogP contribution in [0.3, 0.4) is 0 Å². The first kappa shape index (κ1) is 28.9. The lowest BCUT2D eigenvalue weighted by molar-refractivity contribution is -0.163. The molecule has 9 heteroatoms. The molecule has 0 bridgehead atoms. The molecule has 0 N–H and O–H groups in total. The highest BCUT2D eigenvalue weighted by atomic mass is 16.6. The number of nitrogens with zero attached hydrogens (tertiary/aromatic N) is 4. The van der Waals surface area contributed by atoms with E-state index in [1.807, 2.05) is 47.8 Å². The third kappa shape index (κ3) is 7.08. The fourth-order valence-corrected chi connectivity index (χ4v) is 6.17. The van der Waals surface area contributed by atoms with Gasteiger partial charge in [-0.1, -0.05) is 19.0 Å². The smallest absolute Gasteiger partial charge is 0.329 e. The van der Waals surface area contributed by atoms with E-state index in [4.69, 9.17) is 14.0 Å². The quantitative estimate of drug-likeness (QED) is 0.463. The average molecular weight is 533 g/mol. The molecule has 0 saturated carbocycles. The van der Waals surface area contributed by atoms with E-state index in [2.05, 4.69) is 15.0 Å². The topological polar surface area (TPSA) is 88.4 Å². The number of amides is 1. The molecule has 0 spiro atoms. The van der Waals surface area contributed by atoms with Crippen molar-refractivity contribution in [2.75, 3.05) is 51.3 Å². The van der Waals surface area contributed by atoms with Gasteiger partial charge in [0.2, 0.25) is 5.91 Å². The lowest BCUT2D eigenvalue weighted by atomic mass is 9.91. The van der Waals surface area contributed by atoms with Gasteiger partial charge in [0.15, 0.2) is 11.6 Å². The normalized spacial score (nSPS) is 23.3. The summed E-state index contributed by atoms with van der Waals surface area (Å²) < 4.78 is 16.9. The van der Waals surface area contributed by atoms with Crippen LogP contribution in [-0.2, 0) is 19.1 Å². The van der Waals surface area contributed by atoms with Crippen LogP contribution in [0.25, 0.3) is 0 Å². The molecular weight excluding hydrogens is 484 g/mol. The number of carbonyl (C=O) groups is 2. The number of rotatable bonds is 8. The Morgan fingerprint density at radius 2 is 1.74 bits per heavy atom. The van der Waals surface area contributed by atoms with Gasteiger partial charge in [-0.15, -0.1) is 0 Å². The molecule has 9 nitrogen and oxygen atoms in total. The number of likely N-dealkylation sites (tertiary alicyclic amines) is 2. The maximum absolute atomic E-state index is 13.7. The molecule has 38 heavy (non-hydrogen) atoms. The van der Waals surface area contributed by atoms with Crippen molar-refractivity contribution in [3.8, 4) is 0 Å². The molecule has 0 aromatic carbocycles. The first-order valence-corrected chi connectivity index (χ1v) is 14.6. The van der Waals surface area contributed by atoms with E-state index in [1.54, 1.807) is 4.90 Å². The predicted molar refractivity (Wildman–Crippen MR) is 146 cm³/mol. The van der Waals surface area contributed by atoms with E-state index in [-0.39, 0.29) is 17.8 Å². The van der Waals surface area contributed by atoms with Crippen LogP contribution in [0.4, 0.5) is 5.82 Å². The Balaban J connectivity index is 1.34. The fourth-order valence-electron chi connectivity index (χ4n) is 6.17. The van der Waals surface area contributed by atoms with E-state index >= 15 is 0 Å². The molecular formula is C29H48N4O5. The van der Waals surface area contributed by atoms with E-state index in [9.17, 15) is 9.59 Å².